The van der Waals surface area contributed by atoms with E-state index >= 15 is 0 Å². The molecule has 18 heavy (non-hydrogen) atoms. The van der Waals surface area contributed by atoms with Gasteiger partial charge in [-0.1, -0.05) is 32.9 Å². The average Bonchev–Trinajstić information content (AvgIpc) is 2.91. The minimum absolute atomic E-state index is 0.358. The summed E-state index contributed by atoms with van der Waals surface area (Å²) in [6.07, 6.45) is 5.17. The Kier molecular flexibility index (Phi) is 3.75. The zero-order valence-electron chi connectivity index (χ0n) is 11.3. The van der Waals surface area contributed by atoms with Crippen molar-refractivity contribution in [3.05, 3.63) is 30.5 Å². The van der Waals surface area contributed by atoms with Crippen LogP contribution in [0.3, 0.4) is 0 Å². The van der Waals surface area contributed by atoms with Gasteiger partial charge >= 0.3 is 0 Å². The molecular formula is C14H19N3O. The lowest BCUT2D eigenvalue weighted by Gasteiger charge is -2.22. The predicted octanol–water partition coefficient (Wildman–Crippen LogP) is 3.53. The van der Waals surface area contributed by atoms with Crippen molar-refractivity contribution in [1.82, 2.24) is 15.1 Å². The molecule has 0 saturated heterocycles. The summed E-state index contributed by atoms with van der Waals surface area (Å²) < 4.78 is 4.81. The van der Waals surface area contributed by atoms with Gasteiger partial charge in [0.2, 0.25) is 0 Å². The van der Waals surface area contributed by atoms with Crippen LogP contribution in [0, 0.1) is 11.8 Å². The number of aromatic nitrogens is 3. The first-order valence-corrected chi connectivity index (χ1v) is 6.32. The van der Waals surface area contributed by atoms with E-state index < -0.39 is 0 Å². The van der Waals surface area contributed by atoms with E-state index in [0.29, 0.717) is 17.8 Å². The van der Waals surface area contributed by atoms with E-state index in [1.165, 1.54) is 0 Å². The van der Waals surface area contributed by atoms with Crippen LogP contribution in [0.15, 0.2) is 29.2 Å². The molecule has 0 bridgehead atoms. The molecular weight excluding hydrogens is 226 g/mol. The minimum atomic E-state index is 0.358. The Labute approximate surface area is 107 Å². The summed E-state index contributed by atoms with van der Waals surface area (Å²) in [6, 6.07) is 1.80. The minimum Gasteiger partial charge on any atom is -0.364 e. The first-order valence-electron chi connectivity index (χ1n) is 6.32. The SMILES string of the molecule is CC(C)C(C)C(C)c1ncc(-c2ccon2)cn1. The summed E-state index contributed by atoms with van der Waals surface area (Å²) in [5.74, 6) is 2.43. The van der Waals surface area contributed by atoms with Gasteiger partial charge in [0.05, 0.1) is 0 Å². The number of rotatable bonds is 4. The van der Waals surface area contributed by atoms with Crippen LogP contribution >= 0.6 is 0 Å². The molecule has 4 nitrogen and oxygen atoms in total. The second-order valence-corrected chi connectivity index (χ2v) is 5.11. The zero-order valence-corrected chi connectivity index (χ0v) is 11.3. The van der Waals surface area contributed by atoms with E-state index in [-0.39, 0.29) is 0 Å². The summed E-state index contributed by atoms with van der Waals surface area (Å²) in [7, 11) is 0. The average molecular weight is 245 g/mol. The lowest BCUT2D eigenvalue weighted by Crippen LogP contribution is -2.15. The first kappa shape index (κ1) is 12.7. The van der Waals surface area contributed by atoms with E-state index in [4.69, 9.17) is 4.52 Å². The third kappa shape index (κ3) is 2.58. The molecule has 0 spiro atoms. The molecule has 2 rings (SSSR count). The van der Waals surface area contributed by atoms with Crippen molar-refractivity contribution in [1.29, 1.82) is 0 Å². The fourth-order valence-corrected chi connectivity index (χ4v) is 1.88. The standard InChI is InChI=1S/C14H19N3O/c1-9(2)10(3)11(4)14-15-7-12(8-16-14)13-5-6-18-17-13/h5-11H,1-4H3. The highest BCUT2D eigenvalue weighted by Crippen LogP contribution is 2.27. The van der Waals surface area contributed by atoms with Crippen LogP contribution in [0.4, 0.5) is 0 Å². The molecule has 0 saturated carbocycles. The van der Waals surface area contributed by atoms with Crippen LogP contribution in [0.2, 0.25) is 0 Å². The number of hydrogen-bond acceptors (Lipinski definition) is 4. The molecule has 0 radical (unpaired) electrons. The first-order chi connectivity index (χ1) is 8.59. The third-order valence-corrected chi connectivity index (χ3v) is 3.65. The summed E-state index contributed by atoms with van der Waals surface area (Å²) in [5, 5.41) is 3.87. The van der Waals surface area contributed by atoms with Crippen molar-refractivity contribution in [2.24, 2.45) is 11.8 Å². The van der Waals surface area contributed by atoms with Gasteiger partial charge in [-0.15, -0.1) is 0 Å². The van der Waals surface area contributed by atoms with Gasteiger partial charge in [-0.2, -0.15) is 0 Å². The second kappa shape index (κ2) is 5.29. The summed E-state index contributed by atoms with van der Waals surface area (Å²) >= 11 is 0. The molecule has 2 unspecified atom stereocenters. The van der Waals surface area contributed by atoms with Gasteiger partial charge in [0.1, 0.15) is 17.8 Å². The maximum absolute atomic E-state index is 4.81. The Balaban J connectivity index is 2.17. The number of nitrogens with zero attached hydrogens (tertiary/aromatic N) is 3. The Bertz CT molecular complexity index is 476. The highest BCUT2D eigenvalue weighted by atomic mass is 16.5. The second-order valence-electron chi connectivity index (χ2n) is 5.11. The molecule has 0 fully saturated rings. The maximum Gasteiger partial charge on any atom is 0.131 e. The van der Waals surface area contributed by atoms with Gasteiger partial charge in [-0.25, -0.2) is 9.97 Å². The Morgan fingerprint density at radius 1 is 1.06 bits per heavy atom. The van der Waals surface area contributed by atoms with Gasteiger partial charge in [0.25, 0.3) is 0 Å². The summed E-state index contributed by atoms with van der Waals surface area (Å²) in [5.41, 5.74) is 1.66. The van der Waals surface area contributed by atoms with E-state index in [1.54, 1.807) is 12.3 Å². The lowest BCUT2D eigenvalue weighted by atomic mass is 9.85. The smallest absolute Gasteiger partial charge is 0.131 e. The van der Waals surface area contributed by atoms with Gasteiger partial charge in [0.15, 0.2) is 0 Å². The van der Waals surface area contributed by atoms with Gasteiger partial charge in [-0.05, 0) is 11.8 Å². The largest absolute Gasteiger partial charge is 0.364 e. The van der Waals surface area contributed by atoms with Crippen LogP contribution in [0.25, 0.3) is 11.3 Å². The molecule has 2 aromatic heterocycles. The lowest BCUT2D eigenvalue weighted by molar-refractivity contribution is 0.352. The molecule has 0 aromatic carbocycles. The Morgan fingerprint density at radius 2 is 1.72 bits per heavy atom. The van der Waals surface area contributed by atoms with Gasteiger partial charge in [0, 0.05) is 29.9 Å². The quantitative estimate of drug-likeness (QED) is 0.826. The zero-order chi connectivity index (χ0) is 13.1. The fourth-order valence-electron chi connectivity index (χ4n) is 1.88. The number of hydrogen-bond donors (Lipinski definition) is 0. The fraction of sp³-hybridized carbons (Fsp3) is 0.500. The third-order valence-electron chi connectivity index (χ3n) is 3.65. The van der Waals surface area contributed by atoms with Gasteiger partial charge in [-0.3, -0.25) is 0 Å². The Morgan fingerprint density at radius 3 is 2.22 bits per heavy atom. The summed E-state index contributed by atoms with van der Waals surface area (Å²) in [4.78, 5) is 8.89. The van der Waals surface area contributed by atoms with Gasteiger partial charge < -0.3 is 4.52 Å². The normalized spacial score (nSPS) is 14.7. The van der Waals surface area contributed by atoms with E-state index in [9.17, 15) is 0 Å². The molecule has 4 heteroatoms. The molecule has 2 heterocycles. The van der Waals surface area contributed by atoms with Crippen LogP contribution in [-0.2, 0) is 0 Å². The molecule has 0 aliphatic heterocycles. The monoisotopic (exact) mass is 245 g/mol. The highest BCUT2D eigenvalue weighted by Gasteiger charge is 2.19. The highest BCUT2D eigenvalue weighted by molar-refractivity contribution is 5.55. The maximum atomic E-state index is 4.81. The molecule has 0 amide bonds. The van der Waals surface area contributed by atoms with Crippen molar-refractivity contribution >= 4 is 0 Å². The van der Waals surface area contributed by atoms with Crippen LogP contribution < -0.4 is 0 Å². The van der Waals surface area contributed by atoms with Crippen LogP contribution in [0.5, 0.6) is 0 Å². The Hall–Kier alpha value is -1.71. The molecule has 2 aromatic rings. The molecule has 96 valence electrons. The van der Waals surface area contributed by atoms with Crippen molar-refractivity contribution < 1.29 is 4.52 Å². The van der Waals surface area contributed by atoms with Crippen molar-refractivity contribution in [2.45, 2.75) is 33.6 Å². The van der Waals surface area contributed by atoms with E-state index in [2.05, 4.69) is 42.8 Å². The predicted molar refractivity (Wildman–Crippen MR) is 69.9 cm³/mol. The summed E-state index contributed by atoms with van der Waals surface area (Å²) in [6.45, 7) is 8.87. The van der Waals surface area contributed by atoms with Crippen molar-refractivity contribution in [3.8, 4) is 11.3 Å². The van der Waals surface area contributed by atoms with Crippen molar-refractivity contribution in [3.63, 3.8) is 0 Å². The van der Waals surface area contributed by atoms with Crippen molar-refractivity contribution in [2.75, 3.05) is 0 Å². The van der Waals surface area contributed by atoms with E-state index in [0.717, 1.165) is 17.1 Å². The molecule has 0 aliphatic carbocycles. The van der Waals surface area contributed by atoms with Crippen LogP contribution in [-0.4, -0.2) is 15.1 Å². The topological polar surface area (TPSA) is 51.8 Å². The van der Waals surface area contributed by atoms with E-state index in [1.807, 2.05) is 12.4 Å². The molecule has 2 atom stereocenters. The molecule has 0 aliphatic rings. The van der Waals surface area contributed by atoms with Crippen LogP contribution in [0.1, 0.15) is 39.4 Å². The molecule has 0 N–H and O–H groups in total.